The zero-order valence-corrected chi connectivity index (χ0v) is 14.4. The van der Waals surface area contributed by atoms with Gasteiger partial charge in [-0.2, -0.15) is 0 Å². The second kappa shape index (κ2) is 5.50. The van der Waals surface area contributed by atoms with Crippen LogP contribution in [0.25, 0.3) is 11.1 Å². The van der Waals surface area contributed by atoms with E-state index < -0.39 is 0 Å². The van der Waals surface area contributed by atoms with Crippen molar-refractivity contribution in [3.8, 4) is 0 Å². The molecule has 3 rings (SSSR count). The van der Waals surface area contributed by atoms with Crippen molar-refractivity contribution >= 4 is 33.8 Å². The minimum absolute atomic E-state index is 1.25. The third kappa shape index (κ3) is 2.51. The van der Waals surface area contributed by atoms with E-state index in [9.17, 15) is 0 Å². The Balaban J connectivity index is 2.17. The maximum atomic E-state index is 2.40. The molecule has 1 aliphatic carbocycles. The summed E-state index contributed by atoms with van der Waals surface area (Å²) in [5.41, 5.74) is 6.29. The van der Waals surface area contributed by atoms with Gasteiger partial charge in [-0.15, -0.1) is 22.7 Å². The highest BCUT2D eigenvalue weighted by molar-refractivity contribution is 7.12. The van der Waals surface area contributed by atoms with Crippen LogP contribution in [0.4, 0.5) is 0 Å². The molecule has 0 saturated carbocycles. The topological polar surface area (TPSA) is 0 Å². The van der Waals surface area contributed by atoms with Crippen molar-refractivity contribution in [1.29, 1.82) is 0 Å². The lowest BCUT2D eigenvalue weighted by molar-refractivity contribution is 0.753. The summed E-state index contributed by atoms with van der Waals surface area (Å²) in [6, 6.07) is 4.80. The van der Waals surface area contributed by atoms with Crippen LogP contribution in [0, 0.1) is 27.7 Å². The number of rotatable bonds is 2. The molecular weight excluding hydrogens is 280 g/mol. The molecule has 0 N–H and O–H groups in total. The van der Waals surface area contributed by atoms with Crippen LogP contribution in [0.15, 0.2) is 12.1 Å². The highest BCUT2D eigenvalue weighted by Crippen LogP contribution is 2.43. The van der Waals surface area contributed by atoms with E-state index in [1.165, 1.54) is 56.3 Å². The Morgan fingerprint density at radius 1 is 0.700 bits per heavy atom. The number of allylic oxidation sites excluding steroid dienone is 2. The standard InChI is InChI=1S/C18H22S2/c1-11-9-17(13(3)19-11)15-7-5-6-8-16(15)18-10-12(2)20-14(18)4/h9-10H,5-8H2,1-4H3. The molecule has 0 amide bonds. The molecule has 0 fully saturated rings. The number of hydrogen-bond donors (Lipinski definition) is 0. The minimum atomic E-state index is 1.25. The first kappa shape index (κ1) is 14.1. The molecular formula is C18H22S2. The Morgan fingerprint density at radius 2 is 1.10 bits per heavy atom. The zero-order chi connectivity index (χ0) is 14.3. The fourth-order valence-corrected chi connectivity index (χ4v) is 5.26. The van der Waals surface area contributed by atoms with Crippen molar-refractivity contribution in [2.75, 3.05) is 0 Å². The Hall–Kier alpha value is -0.860. The molecule has 20 heavy (non-hydrogen) atoms. The summed E-state index contributed by atoms with van der Waals surface area (Å²) in [5.74, 6) is 0. The van der Waals surface area contributed by atoms with Crippen molar-refractivity contribution in [3.63, 3.8) is 0 Å². The van der Waals surface area contributed by atoms with Gasteiger partial charge in [-0.25, -0.2) is 0 Å². The lowest BCUT2D eigenvalue weighted by Gasteiger charge is -2.21. The van der Waals surface area contributed by atoms with Crippen molar-refractivity contribution in [1.82, 2.24) is 0 Å². The predicted molar refractivity (Wildman–Crippen MR) is 92.9 cm³/mol. The Labute approximate surface area is 130 Å². The maximum absolute atomic E-state index is 2.40. The van der Waals surface area contributed by atoms with Crippen LogP contribution in [0.3, 0.4) is 0 Å². The second-order valence-corrected chi connectivity index (χ2v) is 8.74. The average molecular weight is 303 g/mol. The number of hydrogen-bond acceptors (Lipinski definition) is 2. The lowest BCUT2D eigenvalue weighted by Crippen LogP contribution is -1.99. The fourth-order valence-electron chi connectivity index (χ4n) is 3.36. The van der Waals surface area contributed by atoms with E-state index in [0.29, 0.717) is 0 Å². The first-order valence-electron chi connectivity index (χ1n) is 7.43. The van der Waals surface area contributed by atoms with Gasteiger partial charge in [0.15, 0.2) is 0 Å². The van der Waals surface area contributed by atoms with Crippen molar-refractivity contribution < 1.29 is 0 Å². The molecule has 1 aliphatic rings. The highest BCUT2D eigenvalue weighted by atomic mass is 32.1. The molecule has 0 radical (unpaired) electrons. The summed E-state index contributed by atoms with van der Waals surface area (Å²) < 4.78 is 0. The van der Waals surface area contributed by atoms with Crippen molar-refractivity contribution in [2.45, 2.75) is 53.4 Å². The quantitative estimate of drug-likeness (QED) is 0.591. The molecule has 0 aromatic carbocycles. The van der Waals surface area contributed by atoms with Gasteiger partial charge in [0, 0.05) is 19.5 Å². The van der Waals surface area contributed by atoms with Gasteiger partial charge >= 0.3 is 0 Å². The van der Waals surface area contributed by atoms with Gasteiger partial charge in [-0.1, -0.05) is 0 Å². The zero-order valence-electron chi connectivity index (χ0n) is 12.8. The van der Waals surface area contributed by atoms with Crippen LogP contribution >= 0.6 is 22.7 Å². The van der Waals surface area contributed by atoms with Crippen LogP contribution in [0.2, 0.25) is 0 Å². The molecule has 0 atom stereocenters. The molecule has 2 aromatic rings. The molecule has 2 aromatic heterocycles. The average Bonchev–Trinajstić information content (AvgIpc) is 2.91. The molecule has 2 heteroatoms. The van der Waals surface area contributed by atoms with Gasteiger partial charge in [0.1, 0.15) is 0 Å². The van der Waals surface area contributed by atoms with E-state index in [-0.39, 0.29) is 0 Å². The third-order valence-electron chi connectivity index (χ3n) is 4.20. The van der Waals surface area contributed by atoms with Gasteiger partial charge in [0.2, 0.25) is 0 Å². The van der Waals surface area contributed by atoms with Crippen LogP contribution in [0.1, 0.15) is 56.3 Å². The normalized spacial score (nSPS) is 16.0. The van der Waals surface area contributed by atoms with E-state index in [0.717, 1.165) is 0 Å². The number of thiophene rings is 2. The molecule has 0 unspecified atom stereocenters. The van der Waals surface area contributed by atoms with E-state index in [4.69, 9.17) is 0 Å². The maximum Gasteiger partial charge on any atom is 0.00922 e. The van der Waals surface area contributed by atoms with E-state index in [2.05, 4.69) is 39.8 Å². The largest absolute Gasteiger partial charge is 0.145 e. The summed E-state index contributed by atoms with van der Waals surface area (Å²) in [4.78, 5) is 5.85. The van der Waals surface area contributed by atoms with Crippen LogP contribution in [0.5, 0.6) is 0 Å². The SMILES string of the molecule is Cc1cc(C2=C(c3cc(C)sc3C)CCCC2)c(C)s1. The molecule has 2 heterocycles. The van der Waals surface area contributed by atoms with Crippen molar-refractivity contribution in [2.24, 2.45) is 0 Å². The van der Waals surface area contributed by atoms with Gasteiger partial charge in [0.25, 0.3) is 0 Å². The van der Waals surface area contributed by atoms with Gasteiger partial charge in [0.05, 0.1) is 0 Å². The minimum Gasteiger partial charge on any atom is -0.145 e. The van der Waals surface area contributed by atoms with Crippen LogP contribution in [-0.4, -0.2) is 0 Å². The highest BCUT2D eigenvalue weighted by Gasteiger charge is 2.20. The Morgan fingerprint density at radius 3 is 1.40 bits per heavy atom. The molecule has 0 saturated heterocycles. The lowest BCUT2D eigenvalue weighted by atomic mass is 9.84. The molecule has 0 nitrogen and oxygen atoms in total. The summed E-state index contributed by atoms with van der Waals surface area (Å²) >= 11 is 3.88. The van der Waals surface area contributed by atoms with E-state index >= 15 is 0 Å². The Bertz CT molecular complexity index is 609. The summed E-state index contributed by atoms with van der Waals surface area (Å²) in [6.45, 7) is 9.00. The molecule has 0 aliphatic heterocycles. The third-order valence-corrected chi connectivity index (χ3v) is 6.13. The Kier molecular flexibility index (Phi) is 3.87. The van der Waals surface area contributed by atoms with Gasteiger partial charge in [-0.05, 0) is 87.8 Å². The van der Waals surface area contributed by atoms with Gasteiger partial charge in [-0.3, -0.25) is 0 Å². The summed E-state index contributed by atoms with van der Waals surface area (Å²) in [7, 11) is 0. The number of aryl methyl sites for hydroxylation is 4. The van der Waals surface area contributed by atoms with Crippen LogP contribution in [-0.2, 0) is 0 Å². The van der Waals surface area contributed by atoms with Crippen molar-refractivity contribution in [3.05, 3.63) is 42.8 Å². The first-order chi connectivity index (χ1) is 9.56. The summed E-state index contributed by atoms with van der Waals surface area (Å²) in [5, 5.41) is 0. The first-order valence-corrected chi connectivity index (χ1v) is 9.06. The fraction of sp³-hybridized carbons (Fsp3) is 0.444. The molecule has 106 valence electrons. The second-order valence-electron chi connectivity index (χ2n) is 5.82. The summed E-state index contributed by atoms with van der Waals surface area (Å²) in [6.07, 6.45) is 5.19. The molecule has 0 bridgehead atoms. The predicted octanol–water partition coefficient (Wildman–Crippen LogP) is 6.53. The smallest absolute Gasteiger partial charge is 0.00922 e. The monoisotopic (exact) mass is 302 g/mol. The van der Waals surface area contributed by atoms with Crippen LogP contribution < -0.4 is 0 Å². The van der Waals surface area contributed by atoms with E-state index in [1.807, 2.05) is 22.7 Å². The molecule has 0 spiro atoms. The van der Waals surface area contributed by atoms with Gasteiger partial charge < -0.3 is 0 Å². The van der Waals surface area contributed by atoms with E-state index in [1.54, 1.807) is 11.1 Å².